The van der Waals surface area contributed by atoms with Crippen LogP contribution in [0.15, 0.2) is 36.9 Å². The monoisotopic (exact) mass is 283 g/mol. The van der Waals surface area contributed by atoms with Crippen molar-refractivity contribution in [2.45, 2.75) is 0 Å². The minimum absolute atomic E-state index is 0.0141. The highest BCUT2D eigenvalue weighted by Crippen LogP contribution is 2.15. The number of carboxylic acid groups (broad SMARTS) is 1. The van der Waals surface area contributed by atoms with E-state index in [-0.39, 0.29) is 17.1 Å². The van der Waals surface area contributed by atoms with Gasteiger partial charge < -0.3 is 15.4 Å². The van der Waals surface area contributed by atoms with Crippen molar-refractivity contribution in [1.82, 2.24) is 19.9 Å². The zero-order valence-corrected chi connectivity index (χ0v) is 10.6. The normalized spacial score (nSPS) is 10.5. The molecule has 3 aromatic rings. The summed E-state index contributed by atoms with van der Waals surface area (Å²) >= 11 is 0. The molecule has 0 fully saturated rings. The molecule has 21 heavy (non-hydrogen) atoms. The Labute approximate surface area is 117 Å². The quantitative estimate of drug-likeness (QED) is 0.666. The van der Waals surface area contributed by atoms with Crippen molar-refractivity contribution >= 4 is 28.7 Å². The Morgan fingerprint density at radius 2 is 2.14 bits per heavy atom. The van der Waals surface area contributed by atoms with Gasteiger partial charge in [0.25, 0.3) is 5.91 Å². The van der Waals surface area contributed by atoms with Crippen molar-refractivity contribution in [2.75, 3.05) is 5.32 Å². The molecular weight excluding hydrogens is 274 g/mol. The maximum atomic E-state index is 12.1. The van der Waals surface area contributed by atoms with Crippen LogP contribution in [0.25, 0.3) is 11.0 Å². The van der Waals surface area contributed by atoms with Gasteiger partial charge in [-0.2, -0.15) is 0 Å². The van der Waals surface area contributed by atoms with Gasteiger partial charge in [0.15, 0.2) is 0 Å². The number of aromatic amines is 1. The first-order chi connectivity index (χ1) is 10.1. The lowest BCUT2D eigenvalue weighted by atomic mass is 10.2. The number of carbonyl (C=O) groups excluding carboxylic acids is 1. The van der Waals surface area contributed by atoms with E-state index in [0.29, 0.717) is 11.0 Å². The Kier molecular flexibility index (Phi) is 3.03. The van der Waals surface area contributed by atoms with Crippen LogP contribution in [-0.2, 0) is 0 Å². The van der Waals surface area contributed by atoms with Gasteiger partial charge in [-0.3, -0.25) is 4.79 Å². The first-order valence-corrected chi connectivity index (χ1v) is 5.93. The van der Waals surface area contributed by atoms with Crippen LogP contribution in [-0.4, -0.2) is 36.9 Å². The van der Waals surface area contributed by atoms with E-state index in [0.717, 1.165) is 0 Å². The van der Waals surface area contributed by atoms with Crippen LogP contribution in [0.1, 0.15) is 20.8 Å². The second-order valence-electron chi connectivity index (χ2n) is 4.16. The number of nitrogens with one attached hydrogen (secondary N) is 2. The highest BCUT2D eigenvalue weighted by Gasteiger charge is 2.16. The Balaban J connectivity index is 1.91. The van der Waals surface area contributed by atoms with Crippen LogP contribution in [0.4, 0.5) is 5.82 Å². The van der Waals surface area contributed by atoms with E-state index in [4.69, 9.17) is 5.11 Å². The maximum Gasteiger partial charge on any atom is 0.339 e. The second kappa shape index (κ2) is 5.00. The molecule has 0 atom stereocenters. The van der Waals surface area contributed by atoms with Gasteiger partial charge >= 0.3 is 5.97 Å². The molecule has 0 aliphatic heterocycles. The molecule has 1 amide bonds. The third-order valence-corrected chi connectivity index (χ3v) is 2.81. The molecule has 0 aromatic carbocycles. The number of fused-ring (bicyclic) bond motifs is 1. The third-order valence-electron chi connectivity index (χ3n) is 2.81. The average Bonchev–Trinajstić information content (AvgIpc) is 2.91. The number of rotatable bonds is 3. The van der Waals surface area contributed by atoms with Gasteiger partial charge in [0.1, 0.15) is 23.4 Å². The number of H-pyrrole nitrogens is 1. The number of aromatic nitrogens is 4. The minimum atomic E-state index is -1.17. The van der Waals surface area contributed by atoms with E-state index in [2.05, 4.69) is 25.3 Å². The molecule has 0 saturated heterocycles. The molecule has 0 aliphatic rings. The van der Waals surface area contributed by atoms with E-state index in [9.17, 15) is 9.59 Å². The molecule has 104 valence electrons. The first kappa shape index (κ1) is 12.7. The lowest BCUT2D eigenvalue weighted by Crippen LogP contribution is -2.16. The van der Waals surface area contributed by atoms with E-state index in [1.54, 1.807) is 12.3 Å². The molecular formula is C13H9N5O3. The van der Waals surface area contributed by atoms with Crippen molar-refractivity contribution in [3.63, 3.8) is 0 Å². The molecule has 3 heterocycles. The van der Waals surface area contributed by atoms with Crippen molar-refractivity contribution < 1.29 is 14.7 Å². The predicted molar refractivity (Wildman–Crippen MR) is 73.0 cm³/mol. The standard InChI is InChI=1S/C13H9N5O3/c19-12(9-4-8-10(17-9)5-14-6-16-8)18-11-7(13(20)21)2-1-3-15-11/h1-6,17H,(H,20,21)(H,15,18,19). The van der Waals surface area contributed by atoms with Gasteiger partial charge in [-0.15, -0.1) is 0 Å². The fourth-order valence-corrected chi connectivity index (χ4v) is 1.84. The van der Waals surface area contributed by atoms with Crippen molar-refractivity contribution in [2.24, 2.45) is 0 Å². The van der Waals surface area contributed by atoms with Crippen molar-refractivity contribution in [3.05, 3.63) is 48.2 Å². The summed E-state index contributed by atoms with van der Waals surface area (Å²) in [5.41, 5.74) is 1.37. The molecule has 3 aromatic heterocycles. The summed E-state index contributed by atoms with van der Waals surface area (Å²) in [5, 5.41) is 11.5. The number of anilines is 1. The first-order valence-electron chi connectivity index (χ1n) is 5.93. The number of pyridine rings is 1. The molecule has 3 rings (SSSR count). The highest BCUT2D eigenvalue weighted by molar-refractivity contribution is 6.07. The van der Waals surface area contributed by atoms with Crippen LogP contribution in [0.3, 0.4) is 0 Å². The summed E-state index contributed by atoms with van der Waals surface area (Å²) in [6, 6.07) is 4.40. The fraction of sp³-hybridized carbons (Fsp3) is 0. The number of carboxylic acids is 1. The lowest BCUT2D eigenvalue weighted by Gasteiger charge is -2.05. The smallest absolute Gasteiger partial charge is 0.339 e. The molecule has 0 bridgehead atoms. The summed E-state index contributed by atoms with van der Waals surface area (Å²) in [7, 11) is 0. The SMILES string of the molecule is O=C(Nc1ncccc1C(=O)O)c1cc2ncncc2[nH]1. The molecule has 0 radical (unpaired) electrons. The summed E-state index contributed by atoms with van der Waals surface area (Å²) in [5.74, 6) is -1.69. The number of aromatic carboxylic acids is 1. The molecule has 3 N–H and O–H groups in total. The average molecular weight is 283 g/mol. The molecule has 0 spiro atoms. The zero-order chi connectivity index (χ0) is 14.8. The Bertz CT molecular complexity index is 809. The van der Waals surface area contributed by atoms with Gasteiger partial charge in [0.05, 0.1) is 17.2 Å². The van der Waals surface area contributed by atoms with Crippen LogP contribution >= 0.6 is 0 Å². The van der Waals surface area contributed by atoms with E-state index in [1.807, 2.05) is 0 Å². The molecule has 0 saturated carbocycles. The maximum absolute atomic E-state index is 12.1. The molecule has 8 nitrogen and oxygen atoms in total. The number of carbonyl (C=O) groups is 2. The van der Waals surface area contributed by atoms with Gasteiger partial charge in [0.2, 0.25) is 0 Å². The van der Waals surface area contributed by atoms with Gasteiger partial charge in [-0.05, 0) is 18.2 Å². The summed E-state index contributed by atoms with van der Waals surface area (Å²) in [6.07, 6.45) is 4.32. The van der Waals surface area contributed by atoms with E-state index >= 15 is 0 Å². The Hall–Kier alpha value is -3.29. The minimum Gasteiger partial charge on any atom is -0.478 e. The topological polar surface area (TPSA) is 121 Å². The summed E-state index contributed by atoms with van der Waals surface area (Å²) in [4.78, 5) is 37.8. The van der Waals surface area contributed by atoms with Crippen LogP contribution in [0, 0.1) is 0 Å². The van der Waals surface area contributed by atoms with Crippen LogP contribution in [0.5, 0.6) is 0 Å². The largest absolute Gasteiger partial charge is 0.478 e. The van der Waals surface area contributed by atoms with Gasteiger partial charge in [-0.1, -0.05) is 0 Å². The van der Waals surface area contributed by atoms with E-state index in [1.165, 1.54) is 24.7 Å². The molecule has 0 unspecified atom stereocenters. The van der Waals surface area contributed by atoms with Crippen molar-refractivity contribution in [3.8, 4) is 0 Å². The Morgan fingerprint density at radius 3 is 2.90 bits per heavy atom. The molecule has 0 aliphatic carbocycles. The van der Waals surface area contributed by atoms with E-state index < -0.39 is 11.9 Å². The van der Waals surface area contributed by atoms with Gasteiger partial charge in [0, 0.05) is 6.20 Å². The lowest BCUT2D eigenvalue weighted by molar-refractivity contribution is 0.0697. The number of nitrogens with zero attached hydrogens (tertiary/aromatic N) is 3. The zero-order valence-electron chi connectivity index (χ0n) is 10.6. The predicted octanol–water partition coefficient (Wildman–Crippen LogP) is 1.30. The van der Waals surface area contributed by atoms with Crippen molar-refractivity contribution in [1.29, 1.82) is 0 Å². The van der Waals surface area contributed by atoms with Crippen LogP contribution < -0.4 is 5.32 Å². The Morgan fingerprint density at radius 1 is 1.29 bits per heavy atom. The van der Waals surface area contributed by atoms with Gasteiger partial charge in [-0.25, -0.2) is 19.7 Å². The van der Waals surface area contributed by atoms with Crippen LogP contribution in [0.2, 0.25) is 0 Å². The summed E-state index contributed by atoms with van der Waals surface area (Å²) in [6.45, 7) is 0. The second-order valence-corrected chi connectivity index (χ2v) is 4.16. The highest BCUT2D eigenvalue weighted by atomic mass is 16.4. The molecule has 8 heteroatoms. The number of hydrogen-bond donors (Lipinski definition) is 3. The summed E-state index contributed by atoms with van der Waals surface area (Å²) < 4.78 is 0. The number of hydrogen-bond acceptors (Lipinski definition) is 5. The number of amides is 1. The third kappa shape index (κ3) is 2.41. The fourth-order valence-electron chi connectivity index (χ4n) is 1.84.